The highest BCUT2D eigenvalue weighted by Gasteiger charge is 2.07. The predicted molar refractivity (Wildman–Crippen MR) is 67.7 cm³/mol. The Kier molecular flexibility index (Phi) is 3.73. The summed E-state index contributed by atoms with van der Waals surface area (Å²) in [5.41, 5.74) is 6.91. The predicted octanol–water partition coefficient (Wildman–Crippen LogP) is 0.898. The summed E-state index contributed by atoms with van der Waals surface area (Å²) in [7, 11) is 1.57. The lowest BCUT2D eigenvalue weighted by Gasteiger charge is -2.07. The van der Waals surface area contributed by atoms with Gasteiger partial charge >= 0.3 is 0 Å². The molecule has 7 nitrogen and oxygen atoms in total. The Morgan fingerprint density at radius 1 is 1.56 bits per heavy atom. The van der Waals surface area contributed by atoms with Gasteiger partial charge in [-0.05, 0) is 22.6 Å². The standard InChI is InChI=1S/C10H11ClN6O/c1-18-7-2-3-9(17-6-13-15-16-17)8(4-7)14-10(12)5-11/h2-4,6H,5H2,1H3,(H2,12,14). The summed E-state index contributed by atoms with van der Waals surface area (Å²) in [4.78, 5) is 4.21. The van der Waals surface area contributed by atoms with Gasteiger partial charge in [0.15, 0.2) is 0 Å². The lowest BCUT2D eigenvalue weighted by atomic mass is 10.2. The van der Waals surface area contributed by atoms with Gasteiger partial charge in [-0.25, -0.2) is 4.99 Å². The molecule has 0 unspecified atom stereocenters. The van der Waals surface area contributed by atoms with Gasteiger partial charge in [0, 0.05) is 6.07 Å². The molecule has 0 saturated heterocycles. The van der Waals surface area contributed by atoms with E-state index in [1.807, 2.05) is 0 Å². The van der Waals surface area contributed by atoms with E-state index in [4.69, 9.17) is 22.1 Å². The van der Waals surface area contributed by atoms with Crippen LogP contribution in [0.3, 0.4) is 0 Å². The topological polar surface area (TPSA) is 91.2 Å². The van der Waals surface area contributed by atoms with Gasteiger partial charge in [-0.2, -0.15) is 4.68 Å². The first-order valence-electron chi connectivity index (χ1n) is 5.05. The Hall–Kier alpha value is -2.15. The van der Waals surface area contributed by atoms with E-state index in [1.54, 1.807) is 25.3 Å². The molecule has 1 aromatic carbocycles. The van der Waals surface area contributed by atoms with Crippen molar-refractivity contribution in [1.82, 2.24) is 20.2 Å². The molecule has 1 heterocycles. The number of benzene rings is 1. The van der Waals surface area contributed by atoms with Gasteiger partial charge in [0.2, 0.25) is 0 Å². The molecule has 0 atom stereocenters. The first-order valence-corrected chi connectivity index (χ1v) is 5.58. The van der Waals surface area contributed by atoms with Crippen LogP contribution in [0.4, 0.5) is 5.69 Å². The Morgan fingerprint density at radius 2 is 2.39 bits per heavy atom. The third-order valence-electron chi connectivity index (χ3n) is 2.18. The average molecular weight is 267 g/mol. The number of ether oxygens (including phenoxy) is 1. The van der Waals surface area contributed by atoms with E-state index in [0.717, 1.165) is 0 Å². The fourth-order valence-corrected chi connectivity index (χ4v) is 1.43. The number of hydrogen-bond donors (Lipinski definition) is 1. The zero-order chi connectivity index (χ0) is 13.0. The van der Waals surface area contributed by atoms with Crippen LogP contribution in [-0.4, -0.2) is 39.0 Å². The van der Waals surface area contributed by atoms with Crippen LogP contribution in [0.25, 0.3) is 5.69 Å². The number of nitrogens with zero attached hydrogens (tertiary/aromatic N) is 5. The number of rotatable bonds is 4. The quantitative estimate of drug-likeness (QED) is 0.504. The number of hydrogen-bond acceptors (Lipinski definition) is 5. The molecule has 8 heteroatoms. The van der Waals surface area contributed by atoms with Crippen molar-refractivity contribution in [2.24, 2.45) is 10.7 Å². The highest BCUT2D eigenvalue weighted by Crippen LogP contribution is 2.27. The van der Waals surface area contributed by atoms with Crippen molar-refractivity contribution in [1.29, 1.82) is 0 Å². The monoisotopic (exact) mass is 266 g/mol. The van der Waals surface area contributed by atoms with Crippen molar-refractivity contribution in [3.05, 3.63) is 24.5 Å². The van der Waals surface area contributed by atoms with Crippen molar-refractivity contribution in [3.63, 3.8) is 0 Å². The second-order valence-corrected chi connectivity index (χ2v) is 3.61. The van der Waals surface area contributed by atoms with Crippen molar-refractivity contribution in [3.8, 4) is 11.4 Å². The van der Waals surface area contributed by atoms with Crippen molar-refractivity contribution >= 4 is 23.1 Å². The lowest BCUT2D eigenvalue weighted by molar-refractivity contribution is 0.415. The number of alkyl halides is 1. The van der Waals surface area contributed by atoms with Gasteiger partial charge in [-0.3, -0.25) is 0 Å². The molecule has 18 heavy (non-hydrogen) atoms. The highest BCUT2D eigenvalue weighted by molar-refractivity contribution is 6.28. The molecule has 0 radical (unpaired) electrons. The maximum Gasteiger partial charge on any atom is 0.143 e. The molecule has 0 aliphatic heterocycles. The van der Waals surface area contributed by atoms with Gasteiger partial charge in [0.05, 0.1) is 24.4 Å². The molecule has 0 spiro atoms. The fourth-order valence-electron chi connectivity index (χ4n) is 1.37. The Bertz CT molecular complexity index is 554. The Morgan fingerprint density at radius 3 is 3.00 bits per heavy atom. The number of aromatic nitrogens is 4. The minimum absolute atomic E-state index is 0.145. The maximum atomic E-state index is 5.64. The molecule has 0 aliphatic carbocycles. The van der Waals surface area contributed by atoms with E-state index in [-0.39, 0.29) is 5.88 Å². The second-order valence-electron chi connectivity index (χ2n) is 3.35. The van der Waals surface area contributed by atoms with E-state index >= 15 is 0 Å². The van der Waals surface area contributed by atoms with Crippen molar-refractivity contribution in [2.45, 2.75) is 0 Å². The molecule has 0 amide bonds. The summed E-state index contributed by atoms with van der Waals surface area (Å²) in [6.07, 6.45) is 1.47. The zero-order valence-electron chi connectivity index (χ0n) is 9.62. The first-order chi connectivity index (χ1) is 8.74. The van der Waals surface area contributed by atoms with Gasteiger partial charge < -0.3 is 10.5 Å². The summed E-state index contributed by atoms with van der Waals surface area (Å²) < 4.78 is 6.62. The molecular formula is C10H11ClN6O. The van der Waals surface area contributed by atoms with E-state index in [0.29, 0.717) is 23.0 Å². The SMILES string of the molecule is COc1ccc(-n2cnnn2)c(N=C(N)CCl)c1. The molecule has 94 valence electrons. The van der Waals surface area contributed by atoms with E-state index in [1.165, 1.54) is 11.0 Å². The first kappa shape index (κ1) is 12.3. The number of aliphatic imine (C=N–C) groups is 1. The third-order valence-corrected chi connectivity index (χ3v) is 2.45. The number of halogens is 1. The molecule has 0 bridgehead atoms. The number of amidine groups is 1. The van der Waals surface area contributed by atoms with Crippen LogP contribution >= 0.6 is 11.6 Å². The molecule has 2 rings (SSSR count). The minimum Gasteiger partial charge on any atom is -0.497 e. The number of nitrogens with two attached hydrogens (primary N) is 1. The largest absolute Gasteiger partial charge is 0.497 e. The van der Waals surface area contributed by atoms with Gasteiger partial charge in [-0.15, -0.1) is 16.7 Å². The van der Waals surface area contributed by atoms with Crippen molar-refractivity contribution < 1.29 is 4.74 Å². The van der Waals surface area contributed by atoms with E-state index in [2.05, 4.69) is 20.5 Å². The lowest BCUT2D eigenvalue weighted by Crippen LogP contribution is -2.12. The molecule has 0 aliphatic rings. The van der Waals surface area contributed by atoms with Crippen molar-refractivity contribution in [2.75, 3.05) is 13.0 Å². The molecular weight excluding hydrogens is 256 g/mol. The third kappa shape index (κ3) is 2.57. The molecule has 2 aromatic rings. The fraction of sp³-hybridized carbons (Fsp3) is 0.200. The average Bonchev–Trinajstić information content (AvgIpc) is 2.92. The summed E-state index contributed by atoms with van der Waals surface area (Å²) in [6, 6.07) is 5.30. The van der Waals surface area contributed by atoms with Crippen LogP contribution in [0.1, 0.15) is 0 Å². The minimum atomic E-state index is 0.145. The van der Waals surface area contributed by atoms with Crippen LogP contribution < -0.4 is 10.5 Å². The van der Waals surface area contributed by atoms with E-state index in [9.17, 15) is 0 Å². The Balaban J connectivity index is 2.52. The summed E-state index contributed by atoms with van der Waals surface area (Å²) in [6.45, 7) is 0. The maximum absolute atomic E-state index is 5.64. The van der Waals surface area contributed by atoms with Crippen LogP contribution in [-0.2, 0) is 0 Å². The van der Waals surface area contributed by atoms with Gasteiger partial charge in [0.1, 0.15) is 17.9 Å². The number of methoxy groups -OCH3 is 1. The van der Waals surface area contributed by atoms with Crippen LogP contribution in [0.5, 0.6) is 5.75 Å². The van der Waals surface area contributed by atoms with Gasteiger partial charge in [-0.1, -0.05) is 0 Å². The van der Waals surface area contributed by atoms with Gasteiger partial charge in [0.25, 0.3) is 0 Å². The van der Waals surface area contributed by atoms with Crippen LogP contribution in [0, 0.1) is 0 Å². The second kappa shape index (κ2) is 5.46. The summed E-state index contributed by atoms with van der Waals surface area (Å²) in [5, 5.41) is 11.0. The molecule has 1 aromatic heterocycles. The van der Waals surface area contributed by atoms with Crippen LogP contribution in [0.15, 0.2) is 29.5 Å². The highest BCUT2D eigenvalue weighted by atomic mass is 35.5. The van der Waals surface area contributed by atoms with E-state index < -0.39 is 0 Å². The normalized spacial score (nSPS) is 11.6. The molecule has 0 fully saturated rings. The summed E-state index contributed by atoms with van der Waals surface area (Å²) >= 11 is 5.62. The Labute approximate surface area is 108 Å². The smallest absolute Gasteiger partial charge is 0.143 e. The summed E-state index contributed by atoms with van der Waals surface area (Å²) in [5.74, 6) is 1.11. The number of tetrazole rings is 1. The molecule has 0 saturated carbocycles. The van der Waals surface area contributed by atoms with Crippen LogP contribution in [0.2, 0.25) is 0 Å². The zero-order valence-corrected chi connectivity index (χ0v) is 10.4. The molecule has 2 N–H and O–H groups in total.